The molecule has 1 rings (SSSR count). The first kappa shape index (κ1) is 15.2. The van der Waals surface area contributed by atoms with Crippen LogP contribution in [0.3, 0.4) is 0 Å². The van der Waals surface area contributed by atoms with Crippen LogP contribution in [-0.4, -0.2) is 37.5 Å². The maximum absolute atomic E-state index is 11.8. The maximum Gasteiger partial charge on any atom is 0.345 e. The van der Waals surface area contributed by atoms with Crippen molar-refractivity contribution < 1.29 is 32.9 Å². The molecule has 7 heteroatoms. The molecule has 1 aromatic carbocycles. The Labute approximate surface area is 108 Å². The fourth-order valence-electron chi connectivity index (χ4n) is 1.36. The second-order valence-electron chi connectivity index (χ2n) is 3.73. The first-order valence-corrected chi connectivity index (χ1v) is 5.41. The monoisotopic (exact) mass is 276 g/mol. The lowest BCUT2D eigenvalue weighted by molar-refractivity contribution is -0.142. The van der Waals surface area contributed by atoms with Gasteiger partial charge >= 0.3 is 12.6 Å². The number of carbonyl (C=O) groups excluding carboxylic acids is 1. The number of aromatic hydroxyl groups is 1. The molecule has 0 radical (unpaired) electrons. The molecule has 0 bridgehead atoms. The first-order valence-electron chi connectivity index (χ1n) is 5.41. The highest BCUT2D eigenvalue weighted by Gasteiger charge is 2.13. The van der Waals surface area contributed by atoms with Gasteiger partial charge in [-0.25, -0.2) is 4.79 Å². The number of phenolic OH excluding ortho intramolecular Hbond substituents is 1. The highest BCUT2D eigenvalue weighted by molar-refractivity contribution is 5.90. The first-order chi connectivity index (χ1) is 8.92. The van der Waals surface area contributed by atoms with Crippen LogP contribution < -0.4 is 4.74 Å². The number of carbonyl (C=O) groups is 1. The molecule has 0 aliphatic rings. The van der Waals surface area contributed by atoms with E-state index in [9.17, 15) is 18.7 Å². The highest BCUT2D eigenvalue weighted by atomic mass is 19.3. The molecule has 0 saturated heterocycles. The van der Waals surface area contributed by atoms with E-state index in [2.05, 4.69) is 9.47 Å². The summed E-state index contributed by atoms with van der Waals surface area (Å²) in [5.74, 6) is -0.678. The average molecular weight is 276 g/mol. The second kappa shape index (κ2) is 6.89. The van der Waals surface area contributed by atoms with Crippen molar-refractivity contribution in [2.24, 2.45) is 0 Å². The molecular formula is C12H14F2O5. The average Bonchev–Trinajstić information content (AvgIpc) is 2.34. The van der Waals surface area contributed by atoms with Crippen LogP contribution in [0.15, 0.2) is 18.2 Å². The normalized spacial score (nSPS) is 12.3. The minimum absolute atomic E-state index is 0.0967. The third-order valence-electron chi connectivity index (χ3n) is 2.11. The molecule has 1 atom stereocenters. The Kier molecular flexibility index (Phi) is 5.50. The molecule has 0 aliphatic carbocycles. The number of phenols is 1. The van der Waals surface area contributed by atoms with Crippen molar-refractivity contribution in [1.82, 2.24) is 0 Å². The van der Waals surface area contributed by atoms with Crippen LogP contribution in [0.5, 0.6) is 11.5 Å². The van der Waals surface area contributed by atoms with Crippen LogP contribution in [0.25, 0.3) is 0 Å². The molecule has 0 fully saturated rings. The number of esters is 1. The number of alkyl halides is 2. The van der Waals surface area contributed by atoms with Gasteiger partial charge in [-0.2, -0.15) is 8.78 Å². The minimum atomic E-state index is -2.87. The number of halogens is 2. The smallest absolute Gasteiger partial charge is 0.345 e. The molecule has 1 aromatic rings. The predicted molar refractivity (Wildman–Crippen MR) is 61.5 cm³/mol. The topological polar surface area (TPSA) is 65.0 Å². The van der Waals surface area contributed by atoms with E-state index in [1.165, 1.54) is 32.2 Å². The molecule has 0 heterocycles. The van der Waals surface area contributed by atoms with E-state index in [-0.39, 0.29) is 23.7 Å². The van der Waals surface area contributed by atoms with Crippen molar-refractivity contribution in [3.05, 3.63) is 23.8 Å². The molecule has 0 aromatic heterocycles. The molecular weight excluding hydrogens is 262 g/mol. The van der Waals surface area contributed by atoms with Gasteiger partial charge in [0.15, 0.2) is 0 Å². The van der Waals surface area contributed by atoms with Gasteiger partial charge in [-0.15, -0.1) is 0 Å². The van der Waals surface area contributed by atoms with Gasteiger partial charge in [0.1, 0.15) is 17.6 Å². The number of hydrogen-bond donors (Lipinski definition) is 1. The molecule has 5 nitrogen and oxygen atoms in total. The number of methoxy groups -OCH3 is 1. The van der Waals surface area contributed by atoms with Crippen LogP contribution >= 0.6 is 0 Å². The zero-order chi connectivity index (χ0) is 14.4. The van der Waals surface area contributed by atoms with Gasteiger partial charge in [0.2, 0.25) is 0 Å². The van der Waals surface area contributed by atoms with Crippen LogP contribution in [0.1, 0.15) is 17.3 Å². The van der Waals surface area contributed by atoms with Crippen LogP contribution in [-0.2, 0) is 9.47 Å². The van der Waals surface area contributed by atoms with E-state index >= 15 is 0 Å². The lowest BCUT2D eigenvalue weighted by Gasteiger charge is -2.15. The SMILES string of the molecule is COC(=O)c1cc(O)cc(OC(C)COC(F)F)c1. The van der Waals surface area contributed by atoms with Crippen LogP contribution in [0, 0.1) is 0 Å². The number of hydrogen-bond acceptors (Lipinski definition) is 5. The molecule has 1 unspecified atom stereocenters. The fraction of sp³-hybridized carbons (Fsp3) is 0.417. The quantitative estimate of drug-likeness (QED) is 0.807. The number of ether oxygens (including phenoxy) is 3. The zero-order valence-corrected chi connectivity index (χ0v) is 10.4. The Balaban J connectivity index is 2.72. The lowest BCUT2D eigenvalue weighted by Crippen LogP contribution is -2.20. The Morgan fingerprint density at radius 1 is 1.37 bits per heavy atom. The fourth-order valence-corrected chi connectivity index (χ4v) is 1.36. The van der Waals surface area contributed by atoms with Crippen molar-refractivity contribution in [2.75, 3.05) is 13.7 Å². The van der Waals surface area contributed by atoms with Crippen LogP contribution in [0.4, 0.5) is 8.78 Å². The molecule has 19 heavy (non-hydrogen) atoms. The van der Waals surface area contributed by atoms with Gasteiger partial charge in [0.05, 0.1) is 19.3 Å². The third-order valence-corrected chi connectivity index (χ3v) is 2.11. The predicted octanol–water partition coefficient (Wildman–Crippen LogP) is 2.19. The second-order valence-corrected chi connectivity index (χ2v) is 3.73. The zero-order valence-electron chi connectivity index (χ0n) is 10.4. The maximum atomic E-state index is 11.8. The summed E-state index contributed by atoms with van der Waals surface area (Å²) in [6.07, 6.45) is -0.665. The standard InChI is InChI=1S/C12H14F2O5/c1-7(6-18-12(13)14)19-10-4-8(11(16)17-2)3-9(15)5-10/h3-5,7,12,15H,6H2,1-2H3. The van der Waals surface area contributed by atoms with Crippen molar-refractivity contribution >= 4 is 5.97 Å². The van der Waals surface area contributed by atoms with E-state index in [1.807, 2.05) is 0 Å². The summed E-state index contributed by atoms with van der Waals surface area (Å²) < 4.78 is 37.5. The molecule has 0 aliphatic heterocycles. The van der Waals surface area contributed by atoms with Gasteiger partial charge in [-0.05, 0) is 19.1 Å². The van der Waals surface area contributed by atoms with E-state index in [1.54, 1.807) is 0 Å². The third kappa shape index (κ3) is 5.09. The molecule has 1 N–H and O–H groups in total. The molecule has 106 valence electrons. The summed E-state index contributed by atoms with van der Waals surface area (Å²) in [6, 6.07) is 3.80. The summed E-state index contributed by atoms with van der Waals surface area (Å²) in [4.78, 5) is 11.3. The Bertz CT molecular complexity index is 436. The summed E-state index contributed by atoms with van der Waals surface area (Å²) in [7, 11) is 1.20. The largest absolute Gasteiger partial charge is 0.508 e. The highest BCUT2D eigenvalue weighted by Crippen LogP contribution is 2.23. The van der Waals surface area contributed by atoms with E-state index in [0.717, 1.165) is 0 Å². The van der Waals surface area contributed by atoms with Gasteiger partial charge in [0, 0.05) is 6.07 Å². The van der Waals surface area contributed by atoms with E-state index in [0.29, 0.717) is 0 Å². The summed E-state index contributed by atoms with van der Waals surface area (Å²) in [6.45, 7) is -1.67. The van der Waals surface area contributed by atoms with Gasteiger partial charge in [-0.1, -0.05) is 0 Å². The summed E-state index contributed by atoms with van der Waals surface area (Å²) in [5, 5.41) is 9.43. The molecule has 0 saturated carbocycles. The number of benzene rings is 1. The Morgan fingerprint density at radius 3 is 2.63 bits per heavy atom. The lowest BCUT2D eigenvalue weighted by atomic mass is 10.2. The van der Waals surface area contributed by atoms with Crippen LogP contribution in [0.2, 0.25) is 0 Å². The molecule has 0 spiro atoms. The summed E-state index contributed by atoms with van der Waals surface area (Å²) >= 11 is 0. The molecule has 0 amide bonds. The Hall–Kier alpha value is -1.89. The Morgan fingerprint density at radius 2 is 2.05 bits per heavy atom. The van der Waals surface area contributed by atoms with E-state index in [4.69, 9.17) is 4.74 Å². The van der Waals surface area contributed by atoms with Crippen molar-refractivity contribution in [2.45, 2.75) is 19.6 Å². The van der Waals surface area contributed by atoms with Gasteiger partial charge < -0.3 is 19.3 Å². The van der Waals surface area contributed by atoms with Crippen molar-refractivity contribution in [3.8, 4) is 11.5 Å². The number of rotatable bonds is 6. The van der Waals surface area contributed by atoms with Gasteiger partial charge in [-0.3, -0.25) is 0 Å². The van der Waals surface area contributed by atoms with Gasteiger partial charge in [0.25, 0.3) is 0 Å². The summed E-state index contributed by atoms with van der Waals surface area (Å²) in [5.41, 5.74) is 0.0967. The van der Waals surface area contributed by atoms with Crippen molar-refractivity contribution in [3.63, 3.8) is 0 Å². The minimum Gasteiger partial charge on any atom is -0.508 e. The van der Waals surface area contributed by atoms with Crippen molar-refractivity contribution in [1.29, 1.82) is 0 Å². The van der Waals surface area contributed by atoms with E-state index < -0.39 is 18.7 Å².